The number of nitrogens with two attached hydrogens (primary N) is 1. The van der Waals surface area contributed by atoms with Gasteiger partial charge in [0.15, 0.2) is 0 Å². The summed E-state index contributed by atoms with van der Waals surface area (Å²) in [5, 5.41) is 0. The van der Waals surface area contributed by atoms with Crippen LogP contribution in [0.5, 0.6) is 0 Å². The number of amides is 1. The number of hydrogen-bond donors (Lipinski definition) is 1. The molecule has 1 amide bonds. The summed E-state index contributed by atoms with van der Waals surface area (Å²) in [5.41, 5.74) is 6.95. The average Bonchev–Trinajstić information content (AvgIpc) is 2.52. The summed E-state index contributed by atoms with van der Waals surface area (Å²) in [6.07, 6.45) is 2.96. The molecule has 2 N–H and O–H groups in total. The van der Waals surface area contributed by atoms with Gasteiger partial charge in [0.05, 0.1) is 0 Å². The van der Waals surface area contributed by atoms with E-state index in [0.29, 0.717) is 19.0 Å². The number of nitrogens with zero attached hydrogens (tertiary/aromatic N) is 1. The van der Waals surface area contributed by atoms with Crippen LogP contribution in [0.3, 0.4) is 0 Å². The highest BCUT2D eigenvalue weighted by Gasteiger charge is 2.25. The highest BCUT2D eigenvalue weighted by molar-refractivity contribution is 7.99. The highest BCUT2D eigenvalue weighted by Crippen LogP contribution is 2.24. The van der Waals surface area contributed by atoms with Crippen molar-refractivity contribution < 1.29 is 4.79 Å². The molecule has 0 bridgehead atoms. The molecule has 118 valence electrons. The van der Waals surface area contributed by atoms with Crippen molar-refractivity contribution in [1.82, 2.24) is 4.90 Å². The van der Waals surface area contributed by atoms with Crippen LogP contribution in [0.1, 0.15) is 18.4 Å². The molecule has 1 fully saturated rings. The van der Waals surface area contributed by atoms with E-state index < -0.39 is 0 Å². The first-order chi connectivity index (χ1) is 9.81. The molecule has 1 aliphatic rings. The Morgan fingerprint density at radius 3 is 2.48 bits per heavy atom. The van der Waals surface area contributed by atoms with E-state index in [4.69, 9.17) is 5.73 Å². The molecule has 0 radical (unpaired) electrons. The fourth-order valence-electron chi connectivity index (χ4n) is 2.60. The van der Waals surface area contributed by atoms with Crippen LogP contribution in [0.2, 0.25) is 0 Å². The molecule has 0 saturated carbocycles. The minimum absolute atomic E-state index is 0. The summed E-state index contributed by atoms with van der Waals surface area (Å²) in [5.74, 6) is 2.77. The summed E-state index contributed by atoms with van der Waals surface area (Å²) in [6.45, 7) is 2.00. The number of carbonyl (C=O) groups excluding carboxylic acids is 1. The van der Waals surface area contributed by atoms with Crippen molar-refractivity contribution in [2.75, 3.05) is 31.1 Å². The van der Waals surface area contributed by atoms with Crippen molar-refractivity contribution in [3.63, 3.8) is 0 Å². The molecule has 21 heavy (non-hydrogen) atoms. The number of hydrogen-bond acceptors (Lipinski definition) is 3. The Hall–Kier alpha value is -0.710. The third kappa shape index (κ3) is 5.89. The van der Waals surface area contributed by atoms with Gasteiger partial charge in [-0.2, -0.15) is 11.8 Å². The third-order valence-corrected chi connectivity index (χ3v) is 4.84. The molecule has 0 aromatic heterocycles. The van der Waals surface area contributed by atoms with Crippen molar-refractivity contribution in [1.29, 1.82) is 0 Å². The summed E-state index contributed by atoms with van der Waals surface area (Å²) in [7, 11) is 0. The molecule has 1 heterocycles. The molecule has 3 nitrogen and oxygen atoms in total. The molecule has 1 aromatic carbocycles. The molecular formula is C16H25ClN2OS. The molecular weight excluding hydrogens is 304 g/mol. The molecule has 1 aromatic rings. The Labute approximate surface area is 138 Å². The van der Waals surface area contributed by atoms with E-state index in [1.807, 2.05) is 34.9 Å². The molecule has 1 saturated heterocycles. The Morgan fingerprint density at radius 2 is 1.86 bits per heavy atom. The van der Waals surface area contributed by atoms with E-state index in [0.717, 1.165) is 37.3 Å². The first-order valence-electron chi connectivity index (χ1n) is 7.42. The average molecular weight is 329 g/mol. The summed E-state index contributed by atoms with van der Waals surface area (Å²) < 4.78 is 0. The van der Waals surface area contributed by atoms with Gasteiger partial charge in [-0.25, -0.2) is 0 Å². The van der Waals surface area contributed by atoms with Gasteiger partial charge in [-0.1, -0.05) is 30.3 Å². The van der Waals surface area contributed by atoms with Crippen LogP contribution >= 0.6 is 24.2 Å². The Morgan fingerprint density at radius 1 is 1.19 bits per heavy atom. The number of rotatable bonds is 6. The van der Waals surface area contributed by atoms with Crippen molar-refractivity contribution in [3.05, 3.63) is 35.9 Å². The predicted octanol–water partition coefficient (Wildman–Crippen LogP) is 2.58. The van der Waals surface area contributed by atoms with Crippen LogP contribution in [0.4, 0.5) is 0 Å². The van der Waals surface area contributed by atoms with Gasteiger partial charge in [0.2, 0.25) is 5.91 Å². The van der Waals surface area contributed by atoms with E-state index in [9.17, 15) is 4.79 Å². The Balaban J connectivity index is 0.00000220. The normalized spacial score (nSPS) is 15.3. The van der Waals surface area contributed by atoms with Crippen LogP contribution < -0.4 is 5.73 Å². The predicted molar refractivity (Wildman–Crippen MR) is 93.1 cm³/mol. The second kappa shape index (κ2) is 10.1. The standard InChI is InChI=1S/C16H24N2OS.ClH/c17-9-11-18(10-6-14-4-2-1-3-5-14)16(19)15-7-12-20-13-8-15;/h1-5,15H,6-13,17H2;1H. The third-order valence-electron chi connectivity index (χ3n) is 3.79. The minimum atomic E-state index is 0. The van der Waals surface area contributed by atoms with Crippen molar-refractivity contribution >= 4 is 30.1 Å². The van der Waals surface area contributed by atoms with Gasteiger partial charge in [0.25, 0.3) is 0 Å². The van der Waals surface area contributed by atoms with Gasteiger partial charge in [-0.15, -0.1) is 12.4 Å². The Kier molecular flexibility index (Phi) is 8.81. The van der Waals surface area contributed by atoms with Gasteiger partial charge < -0.3 is 10.6 Å². The topological polar surface area (TPSA) is 46.3 Å². The zero-order valence-electron chi connectivity index (χ0n) is 12.4. The smallest absolute Gasteiger partial charge is 0.225 e. The number of halogens is 1. The van der Waals surface area contributed by atoms with E-state index in [1.54, 1.807) is 0 Å². The maximum Gasteiger partial charge on any atom is 0.225 e. The quantitative estimate of drug-likeness (QED) is 0.873. The number of thioether (sulfide) groups is 1. The molecule has 0 unspecified atom stereocenters. The molecule has 0 atom stereocenters. The zero-order valence-corrected chi connectivity index (χ0v) is 14.0. The van der Waals surface area contributed by atoms with Gasteiger partial charge in [0, 0.05) is 25.6 Å². The first kappa shape index (κ1) is 18.3. The zero-order chi connectivity index (χ0) is 14.2. The maximum absolute atomic E-state index is 12.6. The van der Waals surface area contributed by atoms with Gasteiger partial charge in [0.1, 0.15) is 0 Å². The van der Waals surface area contributed by atoms with Gasteiger partial charge in [-0.05, 0) is 36.3 Å². The summed E-state index contributed by atoms with van der Waals surface area (Å²) in [4.78, 5) is 14.5. The highest BCUT2D eigenvalue weighted by atomic mass is 35.5. The lowest BCUT2D eigenvalue weighted by molar-refractivity contribution is -0.135. The second-order valence-electron chi connectivity index (χ2n) is 5.24. The van der Waals surface area contributed by atoms with E-state index in [-0.39, 0.29) is 18.3 Å². The monoisotopic (exact) mass is 328 g/mol. The minimum Gasteiger partial charge on any atom is -0.341 e. The van der Waals surface area contributed by atoms with Crippen LogP contribution in [0.15, 0.2) is 30.3 Å². The van der Waals surface area contributed by atoms with Gasteiger partial charge in [-0.3, -0.25) is 4.79 Å². The maximum atomic E-state index is 12.6. The van der Waals surface area contributed by atoms with Crippen LogP contribution in [0, 0.1) is 5.92 Å². The summed E-state index contributed by atoms with van der Waals surface area (Å²) >= 11 is 1.96. The number of benzene rings is 1. The van der Waals surface area contributed by atoms with Crippen LogP contribution in [0.25, 0.3) is 0 Å². The SMILES string of the molecule is Cl.NCCN(CCc1ccccc1)C(=O)C1CCSCC1. The van der Waals surface area contributed by atoms with E-state index in [2.05, 4.69) is 12.1 Å². The molecule has 0 aliphatic carbocycles. The largest absolute Gasteiger partial charge is 0.341 e. The second-order valence-corrected chi connectivity index (χ2v) is 6.46. The molecule has 5 heteroatoms. The van der Waals surface area contributed by atoms with E-state index >= 15 is 0 Å². The Bertz CT molecular complexity index is 410. The van der Waals surface area contributed by atoms with Crippen molar-refractivity contribution in [2.24, 2.45) is 11.7 Å². The first-order valence-corrected chi connectivity index (χ1v) is 8.57. The summed E-state index contributed by atoms with van der Waals surface area (Å²) in [6, 6.07) is 10.3. The van der Waals surface area contributed by atoms with Crippen LogP contribution in [-0.2, 0) is 11.2 Å². The van der Waals surface area contributed by atoms with Crippen molar-refractivity contribution in [3.8, 4) is 0 Å². The van der Waals surface area contributed by atoms with Gasteiger partial charge >= 0.3 is 0 Å². The van der Waals surface area contributed by atoms with E-state index in [1.165, 1.54) is 5.56 Å². The lowest BCUT2D eigenvalue weighted by Gasteiger charge is -2.29. The van der Waals surface area contributed by atoms with Crippen molar-refractivity contribution in [2.45, 2.75) is 19.3 Å². The van der Waals surface area contributed by atoms with Crippen LogP contribution in [-0.4, -0.2) is 41.9 Å². The fourth-order valence-corrected chi connectivity index (χ4v) is 3.71. The molecule has 2 rings (SSSR count). The molecule has 1 aliphatic heterocycles. The fraction of sp³-hybridized carbons (Fsp3) is 0.562. The molecule has 0 spiro atoms. The number of carbonyl (C=O) groups is 1. The lowest BCUT2D eigenvalue weighted by atomic mass is 10.0. The lowest BCUT2D eigenvalue weighted by Crippen LogP contribution is -2.41.